The molecule has 0 bridgehead atoms. The van der Waals surface area contributed by atoms with Gasteiger partial charge in [-0.3, -0.25) is 0 Å². The van der Waals surface area contributed by atoms with E-state index in [1.54, 1.807) is 19.4 Å². The summed E-state index contributed by atoms with van der Waals surface area (Å²) in [6, 6.07) is 8.77. The summed E-state index contributed by atoms with van der Waals surface area (Å²) in [6.45, 7) is 3.66. The van der Waals surface area contributed by atoms with Gasteiger partial charge in [0.1, 0.15) is 11.9 Å². The molecule has 0 saturated carbocycles. The van der Waals surface area contributed by atoms with E-state index in [9.17, 15) is 8.42 Å². The van der Waals surface area contributed by atoms with Gasteiger partial charge in [0.25, 0.3) is 10.2 Å². The molecule has 0 aliphatic rings. The van der Waals surface area contributed by atoms with Crippen LogP contribution >= 0.6 is 0 Å². The zero-order valence-corrected chi connectivity index (χ0v) is 14.1. The normalized spacial score (nSPS) is 13.7. The Kier molecular flexibility index (Phi) is 5.00. The average Bonchev–Trinajstić information content (AvgIpc) is 2.91. The van der Waals surface area contributed by atoms with E-state index in [1.165, 1.54) is 4.31 Å². The Morgan fingerprint density at radius 3 is 2.36 bits per heavy atom. The number of imidazole rings is 1. The lowest BCUT2D eigenvalue weighted by Gasteiger charge is -2.25. The van der Waals surface area contributed by atoms with E-state index in [4.69, 9.17) is 0 Å². The second-order valence-corrected chi connectivity index (χ2v) is 7.23. The number of nitrogens with zero attached hydrogens (tertiary/aromatic N) is 3. The van der Waals surface area contributed by atoms with Gasteiger partial charge in [-0.25, -0.2) is 4.98 Å². The zero-order valence-electron chi connectivity index (χ0n) is 13.3. The van der Waals surface area contributed by atoms with Crippen molar-refractivity contribution in [1.29, 1.82) is 0 Å². The summed E-state index contributed by atoms with van der Waals surface area (Å²) < 4.78 is 31.0. The lowest BCUT2D eigenvalue weighted by atomic mass is 10.1. The first-order valence-electron chi connectivity index (χ1n) is 7.10. The van der Waals surface area contributed by atoms with Crippen LogP contribution in [0.5, 0.6) is 0 Å². The second-order valence-electron chi connectivity index (χ2n) is 5.47. The molecule has 0 unspecified atom stereocenters. The third kappa shape index (κ3) is 3.55. The predicted molar refractivity (Wildman–Crippen MR) is 86.4 cm³/mol. The highest BCUT2D eigenvalue weighted by molar-refractivity contribution is 7.87. The summed E-state index contributed by atoms with van der Waals surface area (Å²) in [4.78, 5) is 4.30. The topological polar surface area (TPSA) is 67.2 Å². The van der Waals surface area contributed by atoms with Gasteiger partial charge in [0.2, 0.25) is 0 Å². The fourth-order valence-corrected chi connectivity index (χ4v) is 3.34. The van der Waals surface area contributed by atoms with Crippen molar-refractivity contribution in [3.8, 4) is 0 Å². The van der Waals surface area contributed by atoms with Gasteiger partial charge in [0.05, 0.1) is 0 Å². The average molecular weight is 322 g/mol. The number of benzene rings is 1. The molecule has 2 aromatic rings. The number of aromatic nitrogens is 2. The molecule has 2 rings (SSSR count). The summed E-state index contributed by atoms with van der Waals surface area (Å²) in [5.74, 6) is 0.645. The van der Waals surface area contributed by atoms with E-state index in [0.29, 0.717) is 5.82 Å². The molecule has 22 heavy (non-hydrogen) atoms. The minimum atomic E-state index is -3.62. The van der Waals surface area contributed by atoms with E-state index in [1.807, 2.05) is 55.8 Å². The summed E-state index contributed by atoms with van der Waals surface area (Å²) in [5.41, 5.74) is 0.845. The highest BCUT2D eigenvalue weighted by Crippen LogP contribution is 2.22. The predicted octanol–water partition coefficient (Wildman–Crippen LogP) is 1.68. The molecule has 0 amide bonds. The van der Waals surface area contributed by atoms with Crippen molar-refractivity contribution in [2.45, 2.75) is 25.9 Å². The minimum absolute atomic E-state index is 0.129. The van der Waals surface area contributed by atoms with Crippen LogP contribution in [0.25, 0.3) is 0 Å². The molecule has 6 nitrogen and oxygen atoms in total. The van der Waals surface area contributed by atoms with Crippen LogP contribution in [0.3, 0.4) is 0 Å². The van der Waals surface area contributed by atoms with Gasteiger partial charge in [-0.1, -0.05) is 30.3 Å². The quantitative estimate of drug-likeness (QED) is 0.880. The molecule has 1 N–H and O–H groups in total. The van der Waals surface area contributed by atoms with Crippen molar-refractivity contribution in [2.24, 2.45) is 7.05 Å². The SMILES string of the molecule is CC(C)N(C)S(=O)(=O)N[C@H](c1ccccc1)c1nccn1C. The fourth-order valence-electron chi connectivity index (χ4n) is 2.08. The molecule has 7 heteroatoms. The van der Waals surface area contributed by atoms with E-state index < -0.39 is 16.3 Å². The Balaban J connectivity index is 2.41. The van der Waals surface area contributed by atoms with Crippen LogP contribution in [0, 0.1) is 0 Å². The standard InChI is InChI=1S/C15H22N4O2S/c1-12(2)19(4)22(20,21)17-14(13-8-6-5-7-9-13)15-16-10-11-18(15)3/h5-12,14,17H,1-4H3/t14-/m1/s1. The number of hydrogen-bond acceptors (Lipinski definition) is 3. The Bertz CT molecular complexity index is 710. The van der Waals surface area contributed by atoms with Crippen molar-refractivity contribution in [2.75, 3.05) is 7.05 Å². The largest absolute Gasteiger partial charge is 0.336 e. The number of nitrogens with one attached hydrogen (secondary N) is 1. The third-order valence-corrected chi connectivity index (χ3v) is 5.34. The second kappa shape index (κ2) is 6.60. The Morgan fingerprint density at radius 2 is 1.86 bits per heavy atom. The molecule has 1 aromatic heterocycles. The maximum absolute atomic E-state index is 12.5. The highest BCUT2D eigenvalue weighted by atomic mass is 32.2. The van der Waals surface area contributed by atoms with E-state index in [0.717, 1.165) is 5.56 Å². The molecule has 1 heterocycles. The first kappa shape index (κ1) is 16.7. The Hall–Kier alpha value is -1.70. The van der Waals surface area contributed by atoms with Crippen LogP contribution in [0.4, 0.5) is 0 Å². The van der Waals surface area contributed by atoms with Gasteiger partial charge in [-0.2, -0.15) is 17.4 Å². The molecule has 1 atom stereocenters. The summed E-state index contributed by atoms with van der Waals surface area (Å²) >= 11 is 0. The maximum Gasteiger partial charge on any atom is 0.280 e. The maximum atomic E-state index is 12.5. The lowest BCUT2D eigenvalue weighted by molar-refractivity contribution is 0.398. The molecular formula is C15H22N4O2S. The van der Waals surface area contributed by atoms with Crippen molar-refractivity contribution >= 4 is 10.2 Å². The third-order valence-electron chi connectivity index (χ3n) is 3.62. The van der Waals surface area contributed by atoms with E-state index >= 15 is 0 Å². The van der Waals surface area contributed by atoms with Gasteiger partial charge in [-0.15, -0.1) is 0 Å². The molecule has 0 spiro atoms. The molecule has 0 aliphatic heterocycles. The van der Waals surface area contributed by atoms with Gasteiger partial charge in [-0.05, 0) is 19.4 Å². The smallest absolute Gasteiger partial charge is 0.280 e. The number of hydrogen-bond donors (Lipinski definition) is 1. The van der Waals surface area contributed by atoms with Crippen molar-refractivity contribution in [1.82, 2.24) is 18.6 Å². The van der Waals surface area contributed by atoms with Gasteiger partial charge >= 0.3 is 0 Å². The minimum Gasteiger partial charge on any atom is -0.336 e. The Labute approximate surface area is 132 Å². The van der Waals surface area contributed by atoms with Crippen molar-refractivity contribution in [3.63, 3.8) is 0 Å². The van der Waals surface area contributed by atoms with Crippen LogP contribution in [0.15, 0.2) is 42.7 Å². The summed E-state index contributed by atoms with van der Waals surface area (Å²) in [5, 5.41) is 0. The molecule has 0 aliphatic carbocycles. The van der Waals surface area contributed by atoms with Gasteiger partial charge in [0, 0.05) is 32.5 Å². The van der Waals surface area contributed by atoms with Gasteiger partial charge in [0.15, 0.2) is 0 Å². The molecular weight excluding hydrogens is 300 g/mol. The lowest BCUT2D eigenvalue weighted by Crippen LogP contribution is -2.44. The van der Waals surface area contributed by atoms with Crippen LogP contribution in [0.1, 0.15) is 31.3 Å². The van der Waals surface area contributed by atoms with Crippen LogP contribution in [-0.4, -0.2) is 35.4 Å². The summed E-state index contributed by atoms with van der Waals surface area (Å²) in [7, 11) is -0.211. The molecule has 0 fully saturated rings. The van der Waals surface area contributed by atoms with Gasteiger partial charge < -0.3 is 4.57 Å². The van der Waals surface area contributed by atoms with E-state index in [2.05, 4.69) is 9.71 Å². The molecule has 120 valence electrons. The molecule has 0 saturated heterocycles. The number of aryl methyl sites for hydroxylation is 1. The van der Waals surface area contributed by atoms with Crippen molar-refractivity contribution < 1.29 is 8.42 Å². The first-order valence-corrected chi connectivity index (χ1v) is 8.54. The molecule has 0 radical (unpaired) electrons. The molecule has 1 aromatic carbocycles. The summed E-state index contributed by atoms with van der Waals surface area (Å²) in [6.07, 6.45) is 3.46. The van der Waals surface area contributed by atoms with Crippen molar-refractivity contribution in [3.05, 3.63) is 54.1 Å². The fraction of sp³-hybridized carbons (Fsp3) is 0.400. The Morgan fingerprint density at radius 1 is 1.23 bits per heavy atom. The highest BCUT2D eigenvalue weighted by Gasteiger charge is 2.28. The van der Waals surface area contributed by atoms with Crippen LogP contribution in [0.2, 0.25) is 0 Å². The monoisotopic (exact) mass is 322 g/mol. The van der Waals surface area contributed by atoms with Crippen LogP contribution in [-0.2, 0) is 17.3 Å². The van der Waals surface area contributed by atoms with E-state index in [-0.39, 0.29) is 6.04 Å². The van der Waals surface area contributed by atoms with Crippen LogP contribution < -0.4 is 4.72 Å². The zero-order chi connectivity index (χ0) is 16.3. The first-order chi connectivity index (χ1) is 10.3. The number of rotatable bonds is 6.